The van der Waals surface area contributed by atoms with Gasteiger partial charge in [0.1, 0.15) is 11.9 Å². The zero-order valence-corrected chi connectivity index (χ0v) is 18.0. The first-order chi connectivity index (χ1) is 14.9. The normalized spacial score (nSPS) is 33.4. The Labute approximate surface area is 183 Å². The van der Waals surface area contributed by atoms with Crippen molar-refractivity contribution in [1.82, 2.24) is 14.7 Å². The van der Waals surface area contributed by atoms with E-state index < -0.39 is 0 Å². The zero-order valence-electron chi connectivity index (χ0n) is 18.0. The quantitative estimate of drug-likeness (QED) is 0.729. The number of hydrogen-bond acceptors (Lipinski definition) is 5. The van der Waals surface area contributed by atoms with Gasteiger partial charge in [-0.2, -0.15) is 5.26 Å². The van der Waals surface area contributed by atoms with Crippen LogP contribution in [0.1, 0.15) is 44.2 Å². The Kier molecular flexibility index (Phi) is 5.03. The Morgan fingerprint density at radius 2 is 2.06 bits per heavy atom. The molecule has 1 aromatic rings. The summed E-state index contributed by atoms with van der Waals surface area (Å²) in [5, 5.41) is 9.47. The molecule has 6 nitrogen and oxygen atoms in total. The zero-order chi connectivity index (χ0) is 21.9. The molecule has 1 aliphatic carbocycles. The van der Waals surface area contributed by atoms with Crippen LogP contribution in [0.2, 0.25) is 0 Å². The monoisotopic (exact) mass is 423 g/mol. The summed E-state index contributed by atoms with van der Waals surface area (Å²) in [5.41, 5.74) is 8.34. The number of rotatable bonds is 7. The summed E-state index contributed by atoms with van der Waals surface area (Å²) in [7, 11) is 0. The van der Waals surface area contributed by atoms with Gasteiger partial charge in [0.2, 0.25) is 5.91 Å². The maximum atomic E-state index is 13.4. The average Bonchev–Trinajstić information content (AvgIpc) is 3.10. The maximum Gasteiger partial charge on any atom is 0.240 e. The lowest BCUT2D eigenvalue weighted by Gasteiger charge is -2.40. The van der Waals surface area contributed by atoms with Crippen LogP contribution in [-0.4, -0.2) is 63.9 Å². The highest BCUT2D eigenvalue weighted by Gasteiger charge is 2.54. The fourth-order valence-electron chi connectivity index (χ4n) is 6.11. The van der Waals surface area contributed by atoms with Crippen LogP contribution < -0.4 is 5.73 Å². The number of carbonyl (C=O) groups excluding carboxylic acids is 1. The number of nitrogens with zero attached hydrogens (tertiary/aromatic N) is 4. The smallest absolute Gasteiger partial charge is 0.240 e. The first-order valence-electron chi connectivity index (χ1n) is 11.4. The van der Waals surface area contributed by atoms with Gasteiger partial charge in [-0.3, -0.25) is 9.69 Å². The molecule has 6 unspecified atom stereocenters. The van der Waals surface area contributed by atoms with E-state index in [2.05, 4.69) is 29.4 Å². The van der Waals surface area contributed by atoms with Crippen molar-refractivity contribution in [3.05, 3.63) is 47.9 Å². The standard InChI is InChI=1S/C24H30FN5O/c1-3-21(15-4-6-17(25)7-5-15)30-19-10-23(24(30)31)28(12-19)13-20(27)14(2)29-18(11-26)8-16-9-22(16)29/h4-7,16,18-23H,2-3,8-10,12-13,27H2,1H3/t16?,18?,19-,20?,21?,22?,23?/m0/s1. The Morgan fingerprint density at radius 1 is 1.32 bits per heavy atom. The van der Waals surface area contributed by atoms with Crippen LogP contribution >= 0.6 is 0 Å². The molecular formula is C24H30FN5O. The highest BCUT2D eigenvalue weighted by Crippen LogP contribution is 2.49. The highest BCUT2D eigenvalue weighted by molar-refractivity contribution is 5.86. The summed E-state index contributed by atoms with van der Waals surface area (Å²) < 4.78 is 13.4. The van der Waals surface area contributed by atoms with Gasteiger partial charge in [-0.25, -0.2) is 4.39 Å². The fraction of sp³-hybridized carbons (Fsp3) is 0.583. The van der Waals surface area contributed by atoms with Crippen molar-refractivity contribution in [3.63, 3.8) is 0 Å². The summed E-state index contributed by atoms with van der Waals surface area (Å²) in [4.78, 5) is 19.6. The Balaban J connectivity index is 1.25. The van der Waals surface area contributed by atoms with Crippen LogP contribution in [0.4, 0.5) is 4.39 Å². The molecule has 1 saturated carbocycles. The molecule has 31 heavy (non-hydrogen) atoms. The Morgan fingerprint density at radius 3 is 2.71 bits per heavy atom. The number of piperazine rings is 1. The number of fused-ring (bicyclic) bond motifs is 3. The second-order valence-electron chi connectivity index (χ2n) is 9.53. The number of halogens is 1. The van der Waals surface area contributed by atoms with Crippen molar-refractivity contribution >= 4 is 5.91 Å². The number of benzene rings is 1. The molecular weight excluding hydrogens is 393 g/mol. The van der Waals surface area contributed by atoms with Gasteiger partial charge in [-0.15, -0.1) is 0 Å². The average molecular weight is 424 g/mol. The van der Waals surface area contributed by atoms with Crippen LogP contribution in [-0.2, 0) is 4.79 Å². The predicted molar refractivity (Wildman–Crippen MR) is 115 cm³/mol. The summed E-state index contributed by atoms with van der Waals surface area (Å²) in [6.07, 6.45) is 3.65. The van der Waals surface area contributed by atoms with Gasteiger partial charge in [0.15, 0.2) is 0 Å². The van der Waals surface area contributed by atoms with E-state index in [1.807, 2.05) is 4.90 Å². The topological polar surface area (TPSA) is 76.6 Å². The van der Waals surface area contributed by atoms with Crippen molar-refractivity contribution in [2.45, 2.75) is 68.9 Å². The maximum absolute atomic E-state index is 13.4. The first kappa shape index (κ1) is 20.5. The van der Waals surface area contributed by atoms with Crippen molar-refractivity contribution in [2.24, 2.45) is 11.7 Å². The number of nitrogens with two attached hydrogens (primary N) is 1. The Hall–Kier alpha value is -2.43. The van der Waals surface area contributed by atoms with E-state index in [-0.39, 0.29) is 41.9 Å². The molecule has 3 saturated heterocycles. The van der Waals surface area contributed by atoms with Crippen LogP contribution in [0.25, 0.3) is 0 Å². The molecule has 2 N–H and O–H groups in total. The summed E-state index contributed by atoms with van der Waals surface area (Å²) in [6, 6.07) is 8.89. The minimum Gasteiger partial charge on any atom is -0.355 e. The lowest BCUT2D eigenvalue weighted by molar-refractivity contribution is -0.139. The molecule has 4 aliphatic rings. The molecule has 7 atom stereocenters. The van der Waals surface area contributed by atoms with E-state index in [0.717, 1.165) is 43.5 Å². The van der Waals surface area contributed by atoms with Crippen molar-refractivity contribution < 1.29 is 9.18 Å². The van der Waals surface area contributed by atoms with E-state index in [9.17, 15) is 14.4 Å². The number of amides is 1. The number of nitriles is 1. The Bertz CT molecular complexity index is 927. The van der Waals surface area contributed by atoms with E-state index in [1.54, 1.807) is 12.1 Å². The number of likely N-dealkylation sites (tertiary alicyclic amines) is 3. The SMILES string of the molecule is C=C(C(N)CN1C[C@@H]2CC1C(=O)N2C(CC)c1ccc(F)cc1)N1C(C#N)CC2CC21. The molecule has 164 valence electrons. The van der Waals surface area contributed by atoms with E-state index in [4.69, 9.17) is 5.73 Å². The van der Waals surface area contributed by atoms with Gasteiger partial charge in [0.25, 0.3) is 0 Å². The molecule has 5 rings (SSSR count). The third-order valence-electron chi connectivity index (χ3n) is 7.74. The lowest BCUT2D eigenvalue weighted by atomic mass is 10.0. The molecule has 1 aromatic carbocycles. The molecule has 7 heteroatoms. The van der Waals surface area contributed by atoms with E-state index >= 15 is 0 Å². The minimum atomic E-state index is -0.283. The van der Waals surface area contributed by atoms with Crippen molar-refractivity contribution in [1.29, 1.82) is 5.26 Å². The van der Waals surface area contributed by atoms with Crippen LogP contribution in [0.15, 0.2) is 36.5 Å². The second kappa shape index (κ2) is 7.61. The number of carbonyl (C=O) groups is 1. The van der Waals surface area contributed by atoms with Gasteiger partial charge in [0.05, 0.1) is 24.2 Å². The van der Waals surface area contributed by atoms with Crippen molar-refractivity contribution in [2.75, 3.05) is 13.1 Å². The molecule has 3 aliphatic heterocycles. The molecule has 0 spiro atoms. The van der Waals surface area contributed by atoms with Gasteiger partial charge in [-0.05, 0) is 49.3 Å². The summed E-state index contributed by atoms with van der Waals surface area (Å²) >= 11 is 0. The highest BCUT2D eigenvalue weighted by atomic mass is 19.1. The third-order valence-corrected chi connectivity index (χ3v) is 7.74. The first-order valence-corrected chi connectivity index (χ1v) is 11.4. The number of hydrogen-bond donors (Lipinski definition) is 1. The van der Waals surface area contributed by atoms with Gasteiger partial charge < -0.3 is 15.5 Å². The van der Waals surface area contributed by atoms with Crippen LogP contribution in [0, 0.1) is 23.1 Å². The van der Waals surface area contributed by atoms with Gasteiger partial charge in [0, 0.05) is 30.9 Å². The largest absolute Gasteiger partial charge is 0.355 e. The molecule has 0 radical (unpaired) electrons. The number of piperidine rings is 1. The molecule has 0 aromatic heterocycles. The third kappa shape index (κ3) is 3.33. The summed E-state index contributed by atoms with van der Waals surface area (Å²) in [5.74, 6) is 0.495. The molecule has 2 bridgehead atoms. The van der Waals surface area contributed by atoms with Crippen LogP contribution in [0.5, 0.6) is 0 Å². The molecule has 1 amide bonds. The lowest BCUT2D eigenvalue weighted by Crippen LogP contribution is -2.55. The van der Waals surface area contributed by atoms with Gasteiger partial charge in [-0.1, -0.05) is 25.6 Å². The summed E-state index contributed by atoms with van der Waals surface area (Å²) in [6.45, 7) is 7.68. The molecule has 3 heterocycles. The predicted octanol–water partition coefficient (Wildman–Crippen LogP) is 2.39. The van der Waals surface area contributed by atoms with Crippen molar-refractivity contribution in [3.8, 4) is 6.07 Å². The van der Waals surface area contributed by atoms with E-state index in [0.29, 0.717) is 18.5 Å². The van der Waals surface area contributed by atoms with Crippen LogP contribution in [0.3, 0.4) is 0 Å². The fourth-order valence-corrected chi connectivity index (χ4v) is 6.11. The van der Waals surface area contributed by atoms with E-state index in [1.165, 1.54) is 12.1 Å². The second-order valence-corrected chi connectivity index (χ2v) is 9.53. The molecule has 4 fully saturated rings. The van der Waals surface area contributed by atoms with Gasteiger partial charge >= 0.3 is 0 Å². The minimum absolute atomic E-state index is 0.0262.